The molecule has 0 aromatic carbocycles. The molecular weight excluding hydrogens is 228 g/mol. The molecule has 0 bridgehead atoms. The highest BCUT2D eigenvalue weighted by molar-refractivity contribution is 5.85. The summed E-state index contributed by atoms with van der Waals surface area (Å²) in [5.74, 6) is -0.00676. The van der Waals surface area contributed by atoms with Crippen molar-refractivity contribution in [3.63, 3.8) is 0 Å². The van der Waals surface area contributed by atoms with Gasteiger partial charge in [0.25, 0.3) is 0 Å². The molecule has 1 saturated heterocycles. The Bertz CT molecular complexity index is 361. The second-order valence-corrected chi connectivity index (χ2v) is 5.56. The van der Waals surface area contributed by atoms with Gasteiger partial charge in [-0.15, -0.1) is 0 Å². The number of carbonyl (C=O) groups is 1. The maximum atomic E-state index is 12.6. The number of hydrogen-bond acceptors (Lipinski definition) is 3. The van der Waals surface area contributed by atoms with Crippen molar-refractivity contribution in [1.82, 2.24) is 4.90 Å². The van der Waals surface area contributed by atoms with Gasteiger partial charge in [-0.3, -0.25) is 4.79 Å². The van der Waals surface area contributed by atoms with Crippen LogP contribution in [0, 0.1) is 16.7 Å². The molecule has 0 aromatic heterocycles. The van der Waals surface area contributed by atoms with Crippen LogP contribution in [-0.2, 0) is 9.53 Å². The molecule has 100 valence electrons. The Kier molecular flexibility index (Phi) is 3.91. The third-order valence-corrected chi connectivity index (χ3v) is 4.42. The minimum atomic E-state index is -0.876. The number of morpholine rings is 1. The summed E-state index contributed by atoms with van der Waals surface area (Å²) in [7, 11) is 0. The van der Waals surface area contributed by atoms with Gasteiger partial charge in [-0.05, 0) is 26.2 Å². The fourth-order valence-corrected chi connectivity index (χ4v) is 2.94. The predicted molar refractivity (Wildman–Crippen MR) is 67.7 cm³/mol. The summed E-state index contributed by atoms with van der Waals surface area (Å²) in [6, 6.07) is 2.38. The van der Waals surface area contributed by atoms with E-state index in [1.54, 1.807) is 6.92 Å². The Morgan fingerprint density at radius 3 is 2.89 bits per heavy atom. The Labute approximate surface area is 109 Å². The van der Waals surface area contributed by atoms with E-state index in [1.807, 2.05) is 11.8 Å². The van der Waals surface area contributed by atoms with Gasteiger partial charge in [0.1, 0.15) is 5.41 Å². The Balaban J connectivity index is 2.16. The van der Waals surface area contributed by atoms with Crippen molar-refractivity contribution in [3.05, 3.63) is 0 Å². The predicted octanol–water partition coefficient (Wildman–Crippen LogP) is 2.10. The SMILES string of the molecule is CCC(C)(C#N)C(=O)N1CCOC2CCCCC21. The maximum Gasteiger partial charge on any atom is 0.243 e. The van der Waals surface area contributed by atoms with Gasteiger partial charge in [0, 0.05) is 6.54 Å². The molecule has 4 heteroatoms. The minimum Gasteiger partial charge on any atom is -0.374 e. The molecular formula is C14H22N2O2. The van der Waals surface area contributed by atoms with Gasteiger partial charge in [0.15, 0.2) is 0 Å². The molecule has 2 rings (SSSR count). The average molecular weight is 250 g/mol. The van der Waals surface area contributed by atoms with Crippen LogP contribution < -0.4 is 0 Å². The van der Waals surface area contributed by atoms with E-state index in [0.717, 1.165) is 19.3 Å². The zero-order chi connectivity index (χ0) is 13.2. The van der Waals surface area contributed by atoms with Crippen LogP contribution in [0.4, 0.5) is 0 Å². The summed E-state index contributed by atoms with van der Waals surface area (Å²) in [6.45, 7) is 4.90. The number of amides is 1. The quantitative estimate of drug-likeness (QED) is 0.754. The van der Waals surface area contributed by atoms with Gasteiger partial charge >= 0.3 is 0 Å². The molecule has 18 heavy (non-hydrogen) atoms. The molecule has 1 aliphatic heterocycles. The Morgan fingerprint density at radius 1 is 1.50 bits per heavy atom. The summed E-state index contributed by atoms with van der Waals surface area (Å²) in [5, 5.41) is 9.25. The molecule has 3 atom stereocenters. The highest BCUT2D eigenvalue weighted by Gasteiger charge is 2.43. The van der Waals surface area contributed by atoms with Crippen LogP contribution in [0.1, 0.15) is 46.0 Å². The van der Waals surface area contributed by atoms with E-state index in [0.29, 0.717) is 19.6 Å². The summed E-state index contributed by atoms with van der Waals surface area (Å²) >= 11 is 0. The van der Waals surface area contributed by atoms with Gasteiger partial charge in [-0.1, -0.05) is 19.8 Å². The minimum absolute atomic E-state index is 0.00676. The number of rotatable bonds is 2. The lowest BCUT2D eigenvalue weighted by Crippen LogP contribution is -2.57. The van der Waals surface area contributed by atoms with Crippen LogP contribution in [0.15, 0.2) is 0 Å². The maximum absolute atomic E-state index is 12.6. The van der Waals surface area contributed by atoms with Gasteiger partial charge in [0.05, 0.1) is 24.8 Å². The topological polar surface area (TPSA) is 53.3 Å². The second-order valence-electron chi connectivity index (χ2n) is 5.56. The number of fused-ring (bicyclic) bond motifs is 1. The molecule has 4 nitrogen and oxygen atoms in total. The van der Waals surface area contributed by atoms with Crippen molar-refractivity contribution in [3.8, 4) is 6.07 Å². The molecule has 3 unspecified atom stereocenters. The summed E-state index contributed by atoms with van der Waals surface area (Å²) in [5.41, 5.74) is -0.876. The highest BCUT2D eigenvalue weighted by Crippen LogP contribution is 2.32. The monoisotopic (exact) mass is 250 g/mol. The van der Waals surface area contributed by atoms with Crippen molar-refractivity contribution in [2.24, 2.45) is 5.41 Å². The van der Waals surface area contributed by atoms with Crippen LogP contribution in [0.2, 0.25) is 0 Å². The van der Waals surface area contributed by atoms with Gasteiger partial charge in [0.2, 0.25) is 5.91 Å². The summed E-state index contributed by atoms with van der Waals surface area (Å²) in [4.78, 5) is 14.5. The Hall–Kier alpha value is -1.08. The highest BCUT2D eigenvalue weighted by atomic mass is 16.5. The lowest BCUT2D eigenvalue weighted by Gasteiger charge is -2.45. The molecule has 1 heterocycles. The fraction of sp³-hybridized carbons (Fsp3) is 0.857. The molecule has 2 fully saturated rings. The second kappa shape index (κ2) is 5.27. The van der Waals surface area contributed by atoms with Crippen molar-refractivity contribution in [1.29, 1.82) is 5.26 Å². The average Bonchev–Trinajstić information content (AvgIpc) is 2.45. The molecule has 1 aliphatic carbocycles. The normalized spacial score (nSPS) is 31.1. The van der Waals surface area contributed by atoms with Crippen molar-refractivity contribution < 1.29 is 9.53 Å². The molecule has 0 spiro atoms. The first-order valence-electron chi connectivity index (χ1n) is 6.96. The lowest BCUT2D eigenvalue weighted by atomic mass is 9.84. The van der Waals surface area contributed by atoms with Gasteiger partial charge < -0.3 is 9.64 Å². The third-order valence-electron chi connectivity index (χ3n) is 4.42. The number of carbonyl (C=O) groups excluding carboxylic acids is 1. The van der Waals surface area contributed by atoms with Crippen molar-refractivity contribution >= 4 is 5.91 Å². The molecule has 0 aromatic rings. The third kappa shape index (κ3) is 2.24. The fourth-order valence-electron chi connectivity index (χ4n) is 2.94. The van der Waals surface area contributed by atoms with E-state index in [-0.39, 0.29) is 18.1 Å². The molecule has 1 saturated carbocycles. The van der Waals surface area contributed by atoms with Crippen LogP contribution in [-0.4, -0.2) is 36.1 Å². The van der Waals surface area contributed by atoms with Crippen molar-refractivity contribution in [2.45, 2.75) is 58.1 Å². The van der Waals surface area contributed by atoms with E-state index in [9.17, 15) is 10.1 Å². The van der Waals surface area contributed by atoms with Gasteiger partial charge in [-0.2, -0.15) is 5.26 Å². The number of hydrogen-bond donors (Lipinski definition) is 0. The summed E-state index contributed by atoms with van der Waals surface area (Å²) < 4.78 is 5.77. The van der Waals surface area contributed by atoms with E-state index >= 15 is 0 Å². The van der Waals surface area contributed by atoms with Crippen molar-refractivity contribution in [2.75, 3.05) is 13.2 Å². The van der Waals surface area contributed by atoms with E-state index in [4.69, 9.17) is 4.74 Å². The number of nitriles is 1. The molecule has 2 aliphatic rings. The number of ether oxygens (including phenoxy) is 1. The first kappa shape index (κ1) is 13.4. The lowest BCUT2D eigenvalue weighted by molar-refractivity contribution is -0.156. The van der Waals surface area contributed by atoms with Crippen LogP contribution >= 0.6 is 0 Å². The first-order valence-corrected chi connectivity index (χ1v) is 6.96. The standard InChI is InChI=1S/C14H22N2O2/c1-3-14(2,10-15)13(17)16-8-9-18-12-7-5-4-6-11(12)16/h11-12H,3-9H2,1-2H3. The molecule has 0 radical (unpaired) electrons. The van der Waals surface area contributed by atoms with Crippen LogP contribution in [0.25, 0.3) is 0 Å². The van der Waals surface area contributed by atoms with E-state index in [2.05, 4.69) is 6.07 Å². The zero-order valence-corrected chi connectivity index (χ0v) is 11.3. The largest absolute Gasteiger partial charge is 0.374 e. The smallest absolute Gasteiger partial charge is 0.243 e. The zero-order valence-electron chi connectivity index (χ0n) is 11.3. The van der Waals surface area contributed by atoms with E-state index in [1.165, 1.54) is 6.42 Å². The first-order chi connectivity index (χ1) is 8.62. The molecule has 0 N–H and O–H groups in total. The molecule has 1 amide bonds. The summed E-state index contributed by atoms with van der Waals surface area (Å²) in [6.07, 6.45) is 5.16. The van der Waals surface area contributed by atoms with E-state index < -0.39 is 5.41 Å². The Morgan fingerprint density at radius 2 is 2.22 bits per heavy atom. The van der Waals surface area contributed by atoms with Crippen LogP contribution in [0.3, 0.4) is 0 Å². The van der Waals surface area contributed by atoms with Gasteiger partial charge in [-0.25, -0.2) is 0 Å². The number of nitrogens with zero attached hydrogens (tertiary/aromatic N) is 2. The van der Waals surface area contributed by atoms with Crippen LogP contribution in [0.5, 0.6) is 0 Å².